The van der Waals surface area contributed by atoms with E-state index in [2.05, 4.69) is 30.8 Å². The van der Waals surface area contributed by atoms with Crippen LogP contribution in [0.2, 0.25) is 0 Å². The summed E-state index contributed by atoms with van der Waals surface area (Å²) in [5, 5.41) is 12.6. The smallest absolute Gasteiger partial charge is 0.350 e. The molecule has 0 radical (unpaired) electrons. The molecular formula is C26H29F8N7O2. The van der Waals surface area contributed by atoms with Crippen LogP contribution in [0, 0.1) is 5.92 Å². The molecule has 2 heterocycles. The first-order valence-electron chi connectivity index (χ1n) is 13.5. The first-order chi connectivity index (χ1) is 20.0. The van der Waals surface area contributed by atoms with Crippen LogP contribution in [0.3, 0.4) is 0 Å². The molecule has 9 nitrogen and oxygen atoms in total. The third kappa shape index (κ3) is 9.10. The Balaban J connectivity index is 1.54. The maximum absolute atomic E-state index is 14.4. The molecule has 17 heteroatoms. The highest BCUT2D eigenvalue weighted by Gasteiger charge is 2.41. The minimum absolute atomic E-state index is 0.148. The van der Waals surface area contributed by atoms with Crippen LogP contribution in [0.1, 0.15) is 85.8 Å². The number of halogens is 8. The lowest BCUT2D eigenvalue weighted by molar-refractivity contribution is -0.144. The van der Waals surface area contributed by atoms with E-state index in [9.17, 15) is 44.7 Å². The van der Waals surface area contributed by atoms with Gasteiger partial charge >= 0.3 is 12.4 Å². The maximum atomic E-state index is 14.4. The van der Waals surface area contributed by atoms with Crippen molar-refractivity contribution < 1.29 is 44.7 Å². The van der Waals surface area contributed by atoms with E-state index in [1.807, 2.05) is 0 Å². The quantitative estimate of drug-likeness (QED) is 0.242. The number of aromatic amines is 1. The minimum atomic E-state index is -4.47. The average Bonchev–Trinajstić information content (AvgIpc) is 3.54. The lowest BCUT2D eigenvalue weighted by atomic mass is 9.81. The van der Waals surface area contributed by atoms with Crippen molar-refractivity contribution in [1.29, 1.82) is 0 Å². The Labute approximate surface area is 239 Å². The fourth-order valence-corrected chi connectivity index (χ4v) is 4.97. The number of H-pyrrole nitrogens is 1. The molecule has 1 aliphatic carbocycles. The summed E-state index contributed by atoms with van der Waals surface area (Å²) >= 11 is 0. The fourth-order valence-electron chi connectivity index (χ4n) is 4.97. The molecule has 1 saturated carbocycles. The van der Waals surface area contributed by atoms with Crippen molar-refractivity contribution >= 4 is 22.8 Å². The topological polar surface area (TPSA) is 118 Å². The van der Waals surface area contributed by atoms with E-state index in [1.54, 1.807) is 25.1 Å². The zero-order valence-electron chi connectivity index (χ0n) is 22.8. The summed E-state index contributed by atoms with van der Waals surface area (Å²) in [6, 6.07) is 3.06. The predicted molar refractivity (Wildman–Crippen MR) is 136 cm³/mol. The second kappa shape index (κ2) is 12.4. The Morgan fingerprint density at radius 2 is 1.84 bits per heavy atom. The minimum Gasteiger partial charge on any atom is -0.350 e. The zero-order valence-corrected chi connectivity index (χ0v) is 22.8. The highest BCUT2D eigenvalue weighted by Crippen LogP contribution is 2.42. The number of benzene rings is 1. The van der Waals surface area contributed by atoms with Crippen LogP contribution < -0.4 is 10.6 Å². The molecule has 3 aromatic rings. The van der Waals surface area contributed by atoms with Gasteiger partial charge in [-0.3, -0.25) is 9.59 Å². The molecule has 0 bridgehead atoms. The number of imidazole rings is 1. The number of aryl methyl sites for hydroxylation is 1. The van der Waals surface area contributed by atoms with Gasteiger partial charge in [0.25, 0.3) is 5.91 Å². The monoisotopic (exact) mass is 623 g/mol. The van der Waals surface area contributed by atoms with Crippen LogP contribution in [-0.2, 0) is 11.3 Å². The van der Waals surface area contributed by atoms with Crippen molar-refractivity contribution in [2.24, 2.45) is 5.92 Å². The largest absolute Gasteiger partial charge is 0.390 e. The number of alkyl halides is 8. The predicted octanol–water partition coefficient (Wildman–Crippen LogP) is 5.92. The van der Waals surface area contributed by atoms with Crippen LogP contribution >= 0.6 is 0 Å². The molecule has 236 valence electrons. The first-order valence-corrected chi connectivity index (χ1v) is 13.5. The SMILES string of the molecule is C[C@@H](NC(=O)CCC(F)(F)F)c1ccc2nc(C(NC(=O)c3cnn(CCC(F)(F)F)n3)[C@@H]3CCCC(F)(F)C3)[nH]c2c1. The van der Waals surface area contributed by atoms with Gasteiger partial charge in [0, 0.05) is 19.3 Å². The highest BCUT2D eigenvalue weighted by molar-refractivity contribution is 5.92. The van der Waals surface area contributed by atoms with Crippen LogP contribution in [0.25, 0.3) is 11.0 Å². The normalized spacial score (nSPS) is 18.8. The summed E-state index contributed by atoms with van der Waals surface area (Å²) < 4.78 is 104. The summed E-state index contributed by atoms with van der Waals surface area (Å²) in [7, 11) is 0. The zero-order chi connectivity index (χ0) is 31.6. The van der Waals surface area contributed by atoms with Crippen molar-refractivity contribution in [3.63, 3.8) is 0 Å². The molecule has 1 fully saturated rings. The van der Waals surface area contributed by atoms with Crippen molar-refractivity contribution in [3.05, 3.63) is 41.5 Å². The Morgan fingerprint density at radius 1 is 1.12 bits per heavy atom. The Kier molecular flexibility index (Phi) is 9.30. The number of carbonyl (C=O) groups excluding carboxylic acids is 2. The van der Waals surface area contributed by atoms with E-state index >= 15 is 0 Å². The van der Waals surface area contributed by atoms with Crippen LogP contribution in [0.5, 0.6) is 0 Å². The Bertz CT molecular complexity index is 1430. The molecule has 3 atom stereocenters. The molecule has 2 amide bonds. The molecule has 1 aromatic carbocycles. The van der Waals surface area contributed by atoms with Crippen molar-refractivity contribution in [2.75, 3.05) is 0 Å². The van der Waals surface area contributed by atoms with Crippen molar-refractivity contribution in [2.45, 2.75) is 88.8 Å². The molecule has 2 aromatic heterocycles. The van der Waals surface area contributed by atoms with E-state index in [0.717, 1.165) is 11.0 Å². The number of amides is 2. The van der Waals surface area contributed by atoms with Gasteiger partial charge in [-0.05, 0) is 43.4 Å². The number of nitrogens with zero attached hydrogens (tertiary/aromatic N) is 4. The van der Waals surface area contributed by atoms with E-state index in [-0.39, 0.29) is 24.4 Å². The second-order valence-electron chi connectivity index (χ2n) is 10.7. The molecule has 4 rings (SSSR count). The highest BCUT2D eigenvalue weighted by atomic mass is 19.4. The van der Waals surface area contributed by atoms with Crippen molar-refractivity contribution in [3.8, 4) is 0 Å². The van der Waals surface area contributed by atoms with Gasteiger partial charge in [0.05, 0.1) is 48.7 Å². The standard InChI is InChI=1S/C26H29F8N7O2/c1-14(36-20(42)6-8-25(29,30)31)15-4-5-17-18(11-15)38-22(37-17)21(16-3-2-7-24(27,28)12-16)39-23(43)19-13-35-41(40-19)10-9-26(32,33)34/h4-5,11,13-14,16,21H,2-3,6-10,12H2,1H3,(H,36,42)(H,37,38)(H,39,43)/t14-,16-,21?/m1/s1. The maximum Gasteiger partial charge on any atom is 0.390 e. The fraction of sp³-hybridized carbons (Fsp3) is 0.577. The van der Waals surface area contributed by atoms with Gasteiger partial charge in [-0.2, -0.15) is 36.2 Å². The number of nitrogens with one attached hydrogen (secondary N) is 3. The van der Waals surface area contributed by atoms with E-state index in [0.29, 0.717) is 23.0 Å². The van der Waals surface area contributed by atoms with Gasteiger partial charge in [-0.15, -0.1) is 5.10 Å². The van der Waals surface area contributed by atoms with Crippen LogP contribution in [-0.4, -0.2) is 55.1 Å². The van der Waals surface area contributed by atoms with E-state index < -0.39 is 80.3 Å². The van der Waals surface area contributed by atoms with Crippen LogP contribution in [0.15, 0.2) is 24.4 Å². The molecule has 43 heavy (non-hydrogen) atoms. The third-order valence-corrected chi connectivity index (χ3v) is 7.13. The summed E-state index contributed by atoms with van der Waals surface area (Å²) in [5.41, 5.74) is 1.05. The Hall–Kier alpha value is -3.79. The average molecular weight is 624 g/mol. The molecule has 0 spiro atoms. The van der Waals surface area contributed by atoms with Gasteiger partial charge < -0.3 is 15.6 Å². The summed E-state index contributed by atoms with van der Waals surface area (Å²) in [4.78, 5) is 33.2. The number of hydrogen-bond donors (Lipinski definition) is 3. The summed E-state index contributed by atoms with van der Waals surface area (Å²) in [6.07, 6.45) is -11.5. The van der Waals surface area contributed by atoms with Crippen molar-refractivity contribution in [1.82, 2.24) is 35.6 Å². The summed E-state index contributed by atoms with van der Waals surface area (Å²) in [5.74, 6) is -5.21. The van der Waals surface area contributed by atoms with Gasteiger partial charge in [-0.25, -0.2) is 13.8 Å². The Morgan fingerprint density at radius 3 is 2.51 bits per heavy atom. The third-order valence-electron chi connectivity index (χ3n) is 7.13. The number of rotatable bonds is 10. The molecule has 1 aliphatic rings. The first kappa shape index (κ1) is 32.1. The molecular weight excluding hydrogens is 594 g/mol. The molecule has 1 unspecified atom stereocenters. The number of fused-ring (bicyclic) bond motifs is 1. The number of aromatic nitrogens is 5. The molecule has 0 aliphatic heterocycles. The van der Waals surface area contributed by atoms with Gasteiger partial charge in [0.15, 0.2) is 5.69 Å². The van der Waals surface area contributed by atoms with E-state index in [4.69, 9.17) is 0 Å². The van der Waals surface area contributed by atoms with Gasteiger partial charge in [0.2, 0.25) is 11.8 Å². The van der Waals surface area contributed by atoms with Gasteiger partial charge in [0.1, 0.15) is 5.82 Å². The van der Waals surface area contributed by atoms with Gasteiger partial charge in [-0.1, -0.05) is 6.07 Å². The number of carbonyl (C=O) groups is 2. The van der Waals surface area contributed by atoms with E-state index in [1.165, 1.54) is 0 Å². The molecule has 3 N–H and O–H groups in total. The van der Waals surface area contributed by atoms with Crippen LogP contribution in [0.4, 0.5) is 35.1 Å². The lowest BCUT2D eigenvalue weighted by Crippen LogP contribution is -2.39. The number of hydrogen-bond acceptors (Lipinski definition) is 5. The second-order valence-corrected chi connectivity index (χ2v) is 10.7. The lowest BCUT2D eigenvalue weighted by Gasteiger charge is -2.33. The molecule has 0 saturated heterocycles. The summed E-state index contributed by atoms with van der Waals surface area (Å²) in [6.45, 7) is 0.973.